The Labute approximate surface area is 122 Å². The molecular formula is C13H12FN3O5. The zero-order valence-electron chi connectivity index (χ0n) is 11.5. The number of carbonyl (C=O) groups is 2. The number of amides is 2. The lowest BCUT2D eigenvalue weighted by molar-refractivity contribution is -0.124. The Hall–Kier alpha value is -2.84. The molecule has 2 N–H and O–H groups in total. The van der Waals surface area contributed by atoms with E-state index in [2.05, 4.69) is 0 Å². The molecule has 0 aliphatic carbocycles. The molecule has 3 rings (SSSR count). The second-order valence-corrected chi connectivity index (χ2v) is 4.77. The number of oxazole rings is 1. The molecule has 1 aromatic heterocycles. The van der Waals surface area contributed by atoms with E-state index in [0.29, 0.717) is 0 Å². The van der Waals surface area contributed by atoms with Crippen LogP contribution >= 0.6 is 0 Å². The maximum absolute atomic E-state index is 14.3. The van der Waals surface area contributed by atoms with E-state index < -0.39 is 29.7 Å². The first-order valence-electron chi connectivity index (χ1n) is 6.52. The summed E-state index contributed by atoms with van der Waals surface area (Å²) >= 11 is 0. The van der Waals surface area contributed by atoms with Gasteiger partial charge in [-0.15, -0.1) is 0 Å². The summed E-state index contributed by atoms with van der Waals surface area (Å²) in [5.74, 6) is -2.19. The highest BCUT2D eigenvalue weighted by atomic mass is 19.1. The topological polar surface area (TPSA) is 108 Å². The van der Waals surface area contributed by atoms with Gasteiger partial charge in [0.2, 0.25) is 0 Å². The number of halogens is 1. The number of aryl methyl sites for hydroxylation is 1. The highest BCUT2D eigenvalue weighted by molar-refractivity contribution is 5.96. The van der Waals surface area contributed by atoms with Gasteiger partial charge in [-0.05, 0) is 6.92 Å². The van der Waals surface area contributed by atoms with Gasteiger partial charge in [0.05, 0.1) is 12.2 Å². The number of hydrogen-bond acceptors (Lipinski definition) is 5. The normalized spacial score (nSPS) is 18.0. The molecule has 1 aliphatic heterocycles. The Kier molecular flexibility index (Phi) is 3.12. The molecule has 22 heavy (non-hydrogen) atoms. The second kappa shape index (κ2) is 4.86. The molecule has 0 unspecified atom stereocenters. The molecule has 8 nitrogen and oxygen atoms in total. The van der Waals surface area contributed by atoms with Gasteiger partial charge in [-0.2, -0.15) is 0 Å². The fourth-order valence-electron chi connectivity index (χ4n) is 2.41. The SMILES string of the molecule is CCn1c(=O)oc2cc(N3C[C@H](C(N)=O)OC3=O)cc(F)c21. The number of benzene rings is 1. The maximum atomic E-state index is 14.3. The van der Waals surface area contributed by atoms with Crippen molar-refractivity contribution in [3.63, 3.8) is 0 Å². The number of rotatable bonds is 3. The van der Waals surface area contributed by atoms with Crippen molar-refractivity contribution in [3.05, 3.63) is 28.5 Å². The number of aromatic nitrogens is 1. The average Bonchev–Trinajstić information content (AvgIpc) is 2.98. The van der Waals surface area contributed by atoms with Crippen LogP contribution in [0.25, 0.3) is 11.1 Å². The molecule has 1 aromatic carbocycles. The van der Waals surface area contributed by atoms with Crippen molar-refractivity contribution in [1.82, 2.24) is 4.57 Å². The van der Waals surface area contributed by atoms with E-state index in [1.807, 2.05) is 0 Å². The van der Waals surface area contributed by atoms with Crippen LogP contribution in [0.15, 0.2) is 21.3 Å². The van der Waals surface area contributed by atoms with Crippen molar-refractivity contribution in [2.45, 2.75) is 19.6 Å². The van der Waals surface area contributed by atoms with Crippen LogP contribution in [-0.4, -0.2) is 29.2 Å². The maximum Gasteiger partial charge on any atom is 0.420 e. The fourth-order valence-corrected chi connectivity index (χ4v) is 2.41. The van der Waals surface area contributed by atoms with E-state index >= 15 is 0 Å². The van der Waals surface area contributed by atoms with Crippen molar-refractivity contribution >= 4 is 28.8 Å². The molecule has 0 saturated carbocycles. The minimum atomic E-state index is -1.10. The van der Waals surface area contributed by atoms with E-state index in [9.17, 15) is 18.8 Å². The number of anilines is 1. The van der Waals surface area contributed by atoms with Crippen molar-refractivity contribution in [1.29, 1.82) is 0 Å². The molecule has 0 radical (unpaired) electrons. The van der Waals surface area contributed by atoms with E-state index in [0.717, 1.165) is 15.5 Å². The monoisotopic (exact) mass is 309 g/mol. The van der Waals surface area contributed by atoms with Crippen LogP contribution in [0.3, 0.4) is 0 Å². The third kappa shape index (κ3) is 2.01. The Morgan fingerprint density at radius 2 is 2.18 bits per heavy atom. The Morgan fingerprint density at radius 1 is 1.45 bits per heavy atom. The Bertz CT molecular complexity index is 840. The van der Waals surface area contributed by atoms with E-state index in [1.54, 1.807) is 6.92 Å². The molecule has 0 spiro atoms. The molecule has 1 fully saturated rings. The van der Waals surface area contributed by atoms with E-state index in [1.165, 1.54) is 6.07 Å². The molecular weight excluding hydrogens is 297 g/mol. The molecule has 1 saturated heterocycles. The van der Waals surface area contributed by atoms with Gasteiger partial charge < -0.3 is 14.9 Å². The zero-order chi connectivity index (χ0) is 16.0. The van der Waals surface area contributed by atoms with E-state index in [-0.39, 0.29) is 29.9 Å². The van der Waals surface area contributed by atoms with Crippen LogP contribution in [-0.2, 0) is 16.1 Å². The first-order valence-corrected chi connectivity index (χ1v) is 6.52. The van der Waals surface area contributed by atoms with Gasteiger partial charge in [-0.25, -0.2) is 14.0 Å². The number of cyclic esters (lactones) is 1. The summed E-state index contributed by atoms with van der Waals surface area (Å²) in [7, 11) is 0. The smallest absolute Gasteiger partial charge is 0.420 e. The van der Waals surface area contributed by atoms with Crippen molar-refractivity contribution < 1.29 is 23.1 Å². The van der Waals surface area contributed by atoms with Gasteiger partial charge in [0.25, 0.3) is 5.91 Å². The third-order valence-electron chi connectivity index (χ3n) is 3.46. The van der Waals surface area contributed by atoms with Crippen LogP contribution in [0.4, 0.5) is 14.9 Å². The first kappa shape index (κ1) is 14.1. The number of carbonyl (C=O) groups excluding carboxylic acids is 2. The largest absolute Gasteiger partial charge is 0.434 e. The van der Waals surface area contributed by atoms with E-state index in [4.69, 9.17) is 14.9 Å². The number of ether oxygens (including phenoxy) is 1. The van der Waals surface area contributed by atoms with Crippen molar-refractivity contribution in [2.24, 2.45) is 5.73 Å². The molecule has 0 bridgehead atoms. The van der Waals surface area contributed by atoms with Crippen molar-refractivity contribution in [3.8, 4) is 0 Å². The predicted octanol–water partition coefficient (Wildman–Crippen LogP) is 0.564. The number of hydrogen-bond donors (Lipinski definition) is 1. The van der Waals surface area contributed by atoms with Crippen LogP contribution in [0, 0.1) is 5.82 Å². The molecule has 9 heteroatoms. The van der Waals surface area contributed by atoms with Gasteiger partial charge in [-0.3, -0.25) is 14.3 Å². The summed E-state index contributed by atoms with van der Waals surface area (Å²) in [6.07, 6.45) is -1.92. The number of primary amides is 1. The summed E-state index contributed by atoms with van der Waals surface area (Å²) < 4.78 is 25.2. The predicted molar refractivity (Wildman–Crippen MR) is 72.9 cm³/mol. The minimum Gasteiger partial charge on any atom is -0.434 e. The quantitative estimate of drug-likeness (QED) is 0.891. The summed E-state index contributed by atoms with van der Waals surface area (Å²) in [6, 6.07) is 2.42. The van der Waals surface area contributed by atoms with Crippen LogP contribution < -0.4 is 16.4 Å². The number of nitrogens with zero attached hydrogens (tertiary/aromatic N) is 2. The molecule has 2 amide bonds. The highest BCUT2D eigenvalue weighted by Gasteiger charge is 2.36. The van der Waals surface area contributed by atoms with Crippen LogP contribution in [0.1, 0.15) is 6.92 Å². The minimum absolute atomic E-state index is 0.0113. The Morgan fingerprint density at radius 3 is 2.77 bits per heavy atom. The highest BCUT2D eigenvalue weighted by Crippen LogP contribution is 2.28. The summed E-state index contributed by atoms with van der Waals surface area (Å²) in [4.78, 5) is 35.5. The average molecular weight is 309 g/mol. The van der Waals surface area contributed by atoms with Crippen LogP contribution in [0.2, 0.25) is 0 Å². The number of nitrogens with two attached hydrogens (primary N) is 1. The summed E-state index contributed by atoms with van der Waals surface area (Å²) in [6.45, 7) is 1.80. The molecule has 1 aliphatic rings. The lowest BCUT2D eigenvalue weighted by Gasteiger charge is -2.12. The molecule has 2 aromatic rings. The summed E-state index contributed by atoms with van der Waals surface area (Å²) in [5.41, 5.74) is 5.24. The lowest BCUT2D eigenvalue weighted by Crippen LogP contribution is -2.32. The fraction of sp³-hybridized carbons (Fsp3) is 0.308. The Balaban J connectivity index is 2.08. The standard InChI is InChI=1S/C13H12FN3O5/c1-2-16-10-7(14)3-6(4-8(10)21-12(16)19)17-5-9(11(15)18)22-13(17)20/h3-4,9H,2,5H2,1H3,(H2,15,18)/t9-/m1/s1. The second-order valence-electron chi connectivity index (χ2n) is 4.77. The molecule has 116 valence electrons. The summed E-state index contributed by atoms with van der Waals surface area (Å²) in [5, 5.41) is 0. The van der Waals surface area contributed by atoms with Gasteiger partial charge in [0.15, 0.2) is 17.5 Å². The zero-order valence-corrected chi connectivity index (χ0v) is 11.5. The lowest BCUT2D eigenvalue weighted by atomic mass is 10.2. The third-order valence-corrected chi connectivity index (χ3v) is 3.46. The van der Waals surface area contributed by atoms with Gasteiger partial charge in [-0.1, -0.05) is 0 Å². The van der Waals surface area contributed by atoms with Crippen LogP contribution in [0.5, 0.6) is 0 Å². The first-order chi connectivity index (χ1) is 10.4. The van der Waals surface area contributed by atoms with Gasteiger partial charge >= 0.3 is 11.8 Å². The van der Waals surface area contributed by atoms with Gasteiger partial charge in [0.1, 0.15) is 5.52 Å². The van der Waals surface area contributed by atoms with Gasteiger partial charge in [0, 0.05) is 18.7 Å². The van der Waals surface area contributed by atoms with Crippen molar-refractivity contribution in [2.75, 3.05) is 11.4 Å². The molecule has 2 heterocycles. The molecule has 1 atom stereocenters. The number of fused-ring (bicyclic) bond motifs is 1.